The molecule has 0 bridgehead atoms. The summed E-state index contributed by atoms with van der Waals surface area (Å²) >= 11 is 0. The summed E-state index contributed by atoms with van der Waals surface area (Å²) in [5.74, 6) is -0.733. The molecule has 1 aromatic carbocycles. The predicted octanol–water partition coefficient (Wildman–Crippen LogP) is -0.274. The number of hydrazone groups is 1. The summed E-state index contributed by atoms with van der Waals surface area (Å²) in [4.78, 5) is 46.8. The Labute approximate surface area is 168 Å². The number of nitrogens with one attached hydrogen (secondary N) is 4. The highest BCUT2D eigenvalue weighted by atomic mass is 16.6. The molecule has 0 aliphatic heterocycles. The van der Waals surface area contributed by atoms with E-state index < -0.39 is 22.1 Å². The number of nitro benzene ring substituents is 1. The second-order valence-electron chi connectivity index (χ2n) is 5.68. The Morgan fingerprint density at radius 2 is 2.17 bits per heavy atom. The molecule has 0 unspecified atom stereocenters. The number of carbonyl (C=O) groups excluding carboxylic acids is 1. The molecule has 14 heteroatoms. The van der Waals surface area contributed by atoms with Crippen LogP contribution < -0.4 is 31.5 Å². The van der Waals surface area contributed by atoms with E-state index >= 15 is 0 Å². The minimum Gasteiger partial charge on any atom is -0.493 e. The van der Waals surface area contributed by atoms with E-state index in [4.69, 9.17) is 9.47 Å². The molecule has 30 heavy (non-hydrogen) atoms. The molecule has 4 N–H and O–H groups in total. The second kappa shape index (κ2) is 10.4. The van der Waals surface area contributed by atoms with Crippen LogP contribution in [0, 0.1) is 10.1 Å². The normalized spacial score (nSPS) is 10.6. The zero-order valence-corrected chi connectivity index (χ0v) is 16.1. The van der Waals surface area contributed by atoms with Crippen molar-refractivity contribution < 1.29 is 19.2 Å². The number of ether oxygens (including phenoxy) is 2. The molecule has 0 saturated carbocycles. The van der Waals surface area contributed by atoms with E-state index in [1.165, 1.54) is 25.5 Å². The summed E-state index contributed by atoms with van der Waals surface area (Å²) in [6.45, 7) is 1.77. The van der Waals surface area contributed by atoms with Crippen LogP contribution in [0.1, 0.15) is 18.9 Å². The van der Waals surface area contributed by atoms with E-state index in [9.17, 15) is 24.5 Å². The Balaban J connectivity index is 2.06. The lowest BCUT2D eigenvalue weighted by atomic mass is 10.2. The van der Waals surface area contributed by atoms with Gasteiger partial charge >= 0.3 is 11.4 Å². The number of rotatable bonds is 10. The maximum Gasteiger partial charge on any atom is 0.342 e. The molecule has 1 amide bonds. The van der Waals surface area contributed by atoms with Crippen LogP contribution in [-0.4, -0.2) is 52.5 Å². The van der Waals surface area contributed by atoms with Crippen molar-refractivity contribution >= 4 is 23.6 Å². The van der Waals surface area contributed by atoms with Gasteiger partial charge in [0.05, 0.1) is 31.4 Å². The molecule has 1 heterocycles. The second-order valence-corrected chi connectivity index (χ2v) is 5.68. The van der Waals surface area contributed by atoms with Gasteiger partial charge in [0.1, 0.15) is 0 Å². The summed E-state index contributed by atoms with van der Waals surface area (Å²) in [5, 5.41) is 22.9. The summed E-state index contributed by atoms with van der Waals surface area (Å²) < 4.78 is 10.6. The summed E-state index contributed by atoms with van der Waals surface area (Å²) in [5.41, 5.74) is 0.589. The molecule has 0 aliphatic carbocycles. The van der Waals surface area contributed by atoms with E-state index in [1.54, 1.807) is 0 Å². The van der Waals surface area contributed by atoms with Crippen LogP contribution in [0.5, 0.6) is 11.5 Å². The van der Waals surface area contributed by atoms with Gasteiger partial charge in [-0.1, -0.05) is 6.92 Å². The molecule has 2 rings (SSSR count). The minimum absolute atomic E-state index is 0.00774. The lowest BCUT2D eigenvalue weighted by molar-refractivity contribution is -0.386. The van der Waals surface area contributed by atoms with Crippen molar-refractivity contribution in [2.45, 2.75) is 13.3 Å². The number of H-pyrrole nitrogens is 2. The molecular formula is C16H19N7O7. The first-order valence-electron chi connectivity index (χ1n) is 8.59. The van der Waals surface area contributed by atoms with Crippen LogP contribution in [0.3, 0.4) is 0 Å². The van der Waals surface area contributed by atoms with Crippen LogP contribution in [0.4, 0.5) is 11.5 Å². The van der Waals surface area contributed by atoms with E-state index in [-0.39, 0.29) is 41.7 Å². The van der Waals surface area contributed by atoms with E-state index in [0.29, 0.717) is 6.42 Å². The monoisotopic (exact) mass is 421 g/mol. The molecule has 0 atom stereocenters. The summed E-state index contributed by atoms with van der Waals surface area (Å²) in [6, 6.07) is 2.70. The number of aromatic amines is 2. The quantitative estimate of drug-likeness (QED) is 0.227. The number of benzene rings is 1. The Morgan fingerprint density at radius 1 is 1.40 bits per heavy atom. The third kappa shape index (κ3) is 5.88. The van der Waals surface area contributed by atoms with E-state index in [1.807, 2.05) is 17.0 Å². The van der Waals surface area contributed by atoms with Crippen molar-refractivity contribution in [1.29, 1.82) is 0 Å². The molecule has 1 aromatic heterocycles. The first-order chi connectivity index (χ1) is 14.3. The van der Waals surface area contributed by atoms with Crippen molar-refractivity contribution in [3.63, 3.8) is 0 Å². The summed E-state index contributed by atoms with van der Waals surface area (Å²) in [7, 11) is 1.35. The molecule has 14 nitrogen and oxygen atoms in total. The highest BCUT2D eigenvalue weighted by Crippen LogP contribution is 2.38. The van der Waals surface area contributed by atoms with Gasteiger partial charge in [-0.3, -0.25) is 24.7 Å². The van der Waals surface area contributed by atoms with Gasteiger partial charge in [0.25, 0.3) is 11.5 Å². The van der Waals surface area contributed by atoms with Gasteiger partial charge in [-0.05, 0) is 12.5 Å². The number of aromatic nitrogens is 3. The Morgan fingerprint density at radius 3 is 2.80 bits per heavy atom. The maximum atomic E-state index is 11.8. The molecule has 0 radical (unpaired) electrons. The van der Waals surface area contributed by atoms with Crippen LogP contribution in [0.2, 0.25) is 0 Å². The Hall–Kier alpha value is -4.23. The number of nitro groups is 1. The van der Waals surface area contributed by atoms with E-state index in [2.05, 4.69) is 20.9 Å². The van der Waals surface area contributed by atoms with Crippen molar-refractivity contribution in [3.8, 4) is 11.5 Å². The highest BCUT2D eigenvalue weighted by molar-refractivity contribution is 5.86. The minimum atomic E-state index is -0.792. The van der Waals surface area contributed by atoms with Crippen LogP contribution in [0.25, 0.3) is 0 Å². The zero-order chi connectivity index (χ0) is 22.1. The fourth-order valence-corrected chi connectivity index (χ4v) is 2.17. The van der Waals surface area contributed by atoms with Crippen LogP contribution in [-0.2, 0) is 4.79 Å². The van der Waals surface area contributed by atoms with E-state index in [0.717, 1.165) is 0 Å². The lowest BCUT2D eigenvalue weighted by Gasteiger charge is -2.11. The van der Waals surface area contributed by atoms with Crippen molar-refractivity contribution in [1.82, 2.24) is 20.6 Å². The first kappa shape index (κ1) is 22.1. The van der Waals surface area contributed by atoms with Crippen LogP contribution in [0.15, 0.2) is 26.8 Å². The number of hydrogen-bond acceptors (Lipinski definition) is 10. The molecule has 0 aliphatic rings. The van der Waals surface area contributed by atoms with Gasteiger partial charge in [-0.25, -0.2) is 15.3 Å². The topological polar surface area (TPSA) is 194 Å². The third-order valence-electron chi connectivity index (χ3n) is 3.46. The average molecular weight is 421 g/mol. The summed E-state index contributed by atoms with van der Waals surface area (Å²) in [6.07, 6.45) is 1.84. The number of amides is 1. The van der Waals surface area contributed by atoms with Crippen molar-refractivity contribution in [2.75, 3.05) is 25.6 Å². The lowest BCUT2D eigenvalue weighted by Crippen LogP contribution is -2.31. The maximum absolute atomic E-state index is 11.8. The molecule has 160 valence electrons. The SMILES string of the molecule is CCCOc1c(OC)cc(/C=N/NC(=O)CNc2n[nH]c(=O)[nH]c2=O)cc1[N+](=O)[O-]. The Kier molecular flexibility index (Phi) is 7.61. The predicted molar refractivity (Wildman–Crippen MR) is 105 cm³/mol. The standard InChI is InChI=1S/C16H19N7O7/c1-3-4-30-13-10(23(27)28)5-9(6-11(13)29-2)7-18-20-12(24)8-17-14-15(25)19-16(26)22-21-14/h5-7H,3-4,8H2,1-2H3,(H,17,21)(H,20,24)(H2,19,22,25,26)/b18-7+. The van der Waals surface area contributed by atoms with Crippen molar-refractivity contribution in [3.05, 3.63) is 48.6 Å². The molecule has 2 aromatic rings. The third-order valence-corrected chi connectivity index (χ3v) is 3.46. The van der Waals surface area contributed by atoms with Gasteiger partial charge in [-0.2, -0.15) is 5.10 Å². The number of nitrogens with zero attached hydrogens (tertiary/aromatic N) is 3. The molecular weight excluding hydrogens is 402 g/mol. The fourth-order valence-electron chi connectivity index (χ4n) is 2.17. The molecule has 0 saturated heterocycles. The number of hydrogen-bond donors (Lipinski definition) is 4. The zero-order valence-electron chi connectivity index (χ0n) is 16.1. The van der Waals surface area contributed by atoms with Gasteiger partial charge in [-0.15, -0.1) is 5.10 Å². The number of methoxy groups -OCH3 is 1. The number of anilines is 1. The highest BCUT2D eigenvalue weighted by Gasteiger charge is 2.22. The average Bonchev–Trinajstić information content (AvgIpc) is 2.71. The first-order valence-corrected chi connectivity index (χ1v) is 8.59. The van der Waals surface area contributed by atoms with Gasteiger partial charge in [0.2, 0.25) is 11.6 Å². The Bertz CT molecular complexity index is 1060. The van der Waals surface area contributed by atoms with Crippen molar-refractivity contribution in [2.24, 2.45) is 5.10 Å². The van der Waals surface area contributed by atoms with Gasteiger partial charge < -0.3 is 14.8 Å². The van der Waals surface area contributed by atoms with Gasteiger partial charge in [0.15, 0.2) is 5.75 Å². The molecule has 0 spiro atoms. The van der Waals surface area contributed by atoms with Gasteiger partial charge in [0, 0.05) is 11.6 Å². The fraction of sp³-hybridized carbons (Fsp3) is 0.312. The smallest absolute Gasteiger partial charge is 0.342 e. The molecule has 0 fully saturated rings. The number of carbonyl (C=O) groups is 1. The van der Waals surface area contributed by atoms with Crippen LogP contribution >= 0.6 is 0 Å². The largest absolute Gasteiger partial charge is 0.493 e.